The first-order valence-electron chi connectivity index (χ1n) is 5.63. The average molecular weight is 377 g/mol. The normalized spacial score (nSPS) is 10.5. The van der Waals surface area contributed by atoms with Gasteiger partial charge in [0.15, 0.2) is 0 Å². The van der Waals surface area contributed by atoms with E-state index < -0.39 is 16.4 Å². The zero-order valence-corrected chi connectivity index (χ0v) is 12.7. The summed E-state index contributed by atoms with van der Waals surface area (Å²) in [6.45, 7) is -0.348. The lowest BCUT2D eigenvalue weighted by atomic mass is 10.2. The van der Waals surface area contributed by atoms with Crippen molar-refractivity contribution in [3.8, 4) is 11.5 Å². The predicted octanol–water partition coefficient (Wildman–Crippen LogP) is 4.43. The summed E-state index contributed by atoms with van der Waals surface area (Å²) in [6, 6.07) is 6.34. The molecule has 1 N–H and O–H groups in total. The SMILES string of the molecule is O=[N+]([O-])c1cc(Br)c(F)cc1Oc1cc(Cl)ccc1CO. The van der Waals surface area contributed by atoms with E-state index in [4.69, 9.17) is 16.3 Å². The monoisotopic (exact) mass is 375 g/mol. The molecule has 0 aliphatic carbocycles. The second-order valence-corrected chi connectivity index (χ2v) is 5.29. The van der Waals surface area contributed by atoms with Gasteiger partial charge in [-0.05, 0) is 28.1 Å². The molecular formula is C13H8BrClFNO4. The van der Waals surface area contributed by atoms with Gasteiger partial charge in [0.2, 0.25) is 5.75 Å². The Hall–Kier alpha value is -1.70. The molecule has 2 aromatic rings. The summed E-state index contributed by atoms with van der Waals surface area (Å²) in [7, 11) is 0. The number of hydrogen-bond donors (Lipinski definition) is 1. The molecule has 2 rings (SSSR count). The van der Waals surface area contributed by atoms with Gasteiger partial charge < -0.3 is 9.84 Å². The van der Waals surface area contributed by atoms with Gasteiger partial charge in [0.1, 0.15) is 11.6 Å². The van der Waals surface area contributed by atoms with Crippen LogP contribution in [0.3, 0.4) is 0 Å². The zero-order chi connectivity index (χ0) is 15.6. The van der Waals surface area contributed by atoms with E-state index in [0.717, 1.165) is 12.1 Å². The molecule has 2 aromatic carbocycles. The number of aliphatic hydroxyl groups excluding tert-OH is 1. The lowest BCUT2D eigenvalue weighted by Crippen LogP contribution is -1.97. The highest BCUT2D eigenvalue weighted by molar-refractivity contribution is 9.10. The van der Waals surface area contributed by atoms with Gasteiger partial charge in [-0.15, -0.1) is 0 Å². The smallest absolute Gasteiger partial charge is 0.312 e. The van der Waals surface area contributed by atoms with Gasteiger partial charge in [0.05, 0.1) is 16.0 Å². The number of nitro benzene ring substituents is 1. The van der Waals surface area contributed by atoms with E-state index in [2.05, 4.69) is 15.9 Å². The summed E-state index contributed by atoms with van der Waals surface area (Å²) >= 11 is 8.70. The molecule has 0 amide bonds. The largest absolute Gasteiger partial charge is 0.450 e. The van der Waals surface area contributed by atoms with Crippen LogP contribution in [0.1, 0.15) is 5.56 Å². The van der Waals surface area contributed by atoms with Gasteiger partial charge in [-0.1, -0.05) is 17.7 Å². The van der Waals surface area contributed by atoms with Crippen molar-refractivity contribution in [2.75, 3.05) is 0 Å². The summed E-state index contributed by atoms with van der Waals surface area (Å²) < 4.78 is 18.9. The molecular weight excluding hydrogens is 369 g/mol. The van der Waals surface area contributed by atoms with Crippen molar-refractivity contribution in [2.45, 2.75) is 6.61 Å². The average Bonchev–Trinajstić information content (AvgIpc) is 2.42. The van der Waals surface area contributed by atoms with Crippen LogP contribution in [0.4, 0.5) is 10.1 Å². The maximum Gasteiger partial charge on any atom is 0.312 e. The Morgan fingerprint density at radius 1 is 1.33 bits per heavy atom. The van der Waals surface area contributed by atoms with Crippen molar-refractivity contribution in [3.05, 3.63) is 61.3 Å². The fourth-order valence-electron chi connectivity index (χ4n) is 1.61. The second kappa shape index (κ2) is 6.38. The van der Waals surface area contributed by atoms with Crippen LogP contribution in [-0.2, 0) is 6.61 Å². The zero-order valence-electron chi connectivity index (χ0n) is 10.3. The fraction of sp³-hybridized carbons (Fsp3) is 0.0769. The van der Waals surface area contributed by atoms with E-state index in [1.54, 1.807) is 0 Å². The number of nitrogens with zero attached hydrogens (tertiary/aromatic N) is 1. The molecule has 0 spiro atoms. The van der Waals surface area contributed by atoms with Crippen molar-refractivity contribution in [3.63, 3.8) is 0 Å². The van der Waals surface area contributed by atoms with E-state index in [0.29, 0.717) is 10.6 Å². The summed E-state index contributed by atoms with van der Waals surface area (Å²) in [4.78, 5) is 10.3. The van der Waals surface area contributed by atoms with E-state index in [1.807, 2.05) is 0 Å². The first kappa shape index (κ1) is 15.7. The van der Waals surface area contributed by atoms with Crippen molar-refractivity contribution in [2.24, 2.45) is 0 Å². The van der Waals surface area contributed by atoms with Crippen LogP contribution in [0, 0.1) is 15.9 Å². The number of benzene rings is 2. The molecule has 0 atom stereocenters. The van der Waals surface area contributed by atoms with Crippen LogP contribution in [0.5, 0.6) is 11.5 Å². The van der Waals surface area contributed by atoms with E-state index in [9.17, 15) is 19.6 Å². The number of nitro groups is 1. The first-order chi connectivity index (χ1) is 9.92. The molecule has 0 aliphatic heterocycles. The van der Waals surface area contributed by atoms with Crippen LogP contribution in [0.15, 0.2) is 34.8 Å². The standard InChI is InChI=1S/C13H8BrClFNO4/c14-9-4-11(17(19)20)13(5-10(9)16)21-12-3-8(15)2-1-7(12)6-18/h1-5,18H,6H2. The molecule has 0 bridgehead atoms. The lowest BCUT2D eigenvalue weighted by molar-refractivity contribution is -0.385. The molecule has 8 heteroatoms. The van der Waals surface area contributed by atoms with Crippen LogP contribution in [-0.4, -0.2) is 10.0 Å². The highest BCUT2D eigenvalue weighted by Gasteiger charge is 2.20. The molecule has 0 aliphatic rings. The first-order valence-corrected chi connectivity index (χ1v) is 6.80. The molecule has 0 saturated carbocycles. The third-order valence-electron chi connectivity index (χ3n) is 2.62. The van der Waals surface area contributed by atoms with E-state index in [-0.39, 0.29) is 22.6 Å². The Bertz CT molecular complexity index is 711. The second-order valence-electron chi connectivity index (χ2n) is 4.00. The third kappa shape index (κ3) is 3.49. The van der Waals surface area contributed by atoms with Crippen LogP contribution in [0.25, 0.3) is 0 Å². The van der Waals surface area contributed by atoms with Crippen LogP contribution in [0.2, 0.25) is 5.02 Å². The molecule has 0 fully saturated rings. The van der Waals surface area contributed by atoms with Crippen LogP contribution < -0.4 is 4.74 Å². The molecule has 21 heavy (non-hydrogen) atoms. The minimum atomic E-state index is -0.705. The highest BCUT2D eigenvalue weighted by Crippen LogP contribution is 2.37. The predicted molar refractivity (Wildman–Crippen MR) is 78.2 cm³/mol. The van der Waals surface area contributed by atoms with Crippen LogP contribution >= 0.6 is 27.5 Å². The molecule has 0 saturated heterocycles. The van der Waals surface area contributed by atoms with Gasteiger partial charge in [-0.25, -0.2) is 4.39 Å². The van der Waals surface area contributed by atoms with Crippen molar-refractivity contribution in [1.29, 1.82) is 0 Å². The molecule has 0 radical (unpaired) electrons. The van der Waals surface area contributed by atoms with Crippen molar-refractivity contribution < 1.29 is 19.2 Å². The quantitative estimate of drug-likeness (QED) is 0.633. The number of rotatable bonds is 4. The topological polar surface area (TPSA) is 72.6 Å². The van der Waals surface area contributed by atoms with Crippen molar-refractivity contribution >= 4 is 33.2 Å². The minimum Gasteiger partial charge on any atom is -0.450 e. The van der Waals surface area contributed by atoms with Gasteiger partial charge >= 0.3 is 5.69 Å². The van der Waals surface area contributed by atoms with Gasteiger partial charge in [0.25, 0.3) is 0 Å². The van der Waals surface area contributed by atoms with E-state index in [1.165, 1.54) is 18.2 Å². The highest BCUT2D eigenvalue weighted by atomic mass is 79.9. The number of ether oxygens (including phenoxy) is 1. The lowest BCUT2D eigenvalue weighted by Gasteiger charge is -2.11. The summed E-state index contributed by atoms with van der Waals surface area (Å²) in [5.41, 5.74) is -0.0378. The number of halogens is 3. The van der Waals surface area contributed by atoms with Gasteiger partial charge in [-0.3, -0.25) is 10.1 Å². The molecule has 0 heterocycles. The summed E-state index contributed by atoms with van der Waals surface area (Å²) in [6.07, 6.45) is 0. The fourth-order valence-corrected chi connectivity index (χ4v) is 2.11. The molecule has 0 aromatic heterocycles. The molecule has 110 valence electrons. The number of aliphatic hydroxyl groups is 1. The van der Waals surface area contributed by atoms with Crippen molar-refractivity contribution in [1.82, 2.24) is 0 Å². The van der Waals surface area contributed by atoms with Gasteiger partial charge in [0, 0.05) is 22.7 Å². The third-order valence-corrected chi connectivity index (χ3v) is 3.46. The Labute approximate surface area is 132 Å². The van der Waals surface area contributed by atoms with E-state index >= 15 is 0 Å². The van der Waals surface area contributed by atoms with Gasteiger partial charge in [-0.2, -0.15) is 0 Å². The Balaban J connectivity index is 2.51. The summed E-state index contributed by atoms with van der Waals surface area (Å²) in [5, 5.41) is 20.6. The maximum absolute atomic E-state index is 13.6. The Kier molecular flexibility index (Phi) is 4.76. The Morgan fingerprint density at radius 2 is 2.05 bits per heavy atom. The Morgan fingerprint density at radius 3 is 2.67 bits per heavy atom. The summed E-state index contributed by atoms with van der Waals surface area (Å²) in [5.74, 6) is -0.865. The molecule has 0 unspecified atom stereocenters. The number of hydrogen-bond acceptors (Lipinski definition) is 4. The molecule has 5 nitrogen and oxygen atoms in total. The maximum atomic E-state index is 13.6. The minimum absolute atomic E-state index is 0.0463.